The van der Waals surface area contributed by atoms with E-state index in [1.165, 1.54) is 6.07 Å². The molecule has 2 heterocycles. The standard InChI is InChI=1S/C19H26N4O3Si/c1-21-13-20-18(15-6-5-7-16(12-15)23(24)25)17-8-9-22(19(17)21)14-26-10-11-27(2,3)4/h5-9,12H,10-11,13-14H2,1-4H3. The summed E-state index contributed by atoms with van der Waals surface area (Å²) in [6, 6.07) is 9.78. The van der Waals surface area contributed by atoms with E-state index in [-0.39, 0.29) is 10.6 Å². The fourth-order valence-electron chi connectivity index (χ4n) is 3.06. The Morgan fingerprint density at radius 2 is 2.07 bits per heavy atom. The first-order valence-electron chi connectivity index (χ1n) is 9.04. The van der Waals surface area contributed by atoms with Gasteiger partial charge in [-0.25, -0.2) is 0 Å². The molecule has 0 saturated carbocycles. The number of nitrogens with zero attached hydrogens (tertiary/aromatic N) is 4. The molecule has 0 saturated heterocycles. The average molecular weight is 387 g/mol. The zero-order valence-electron chi connectivity index (χ0n) is 16.3. The first-order chi connectivity index (χ1) is 12.8. The van der Waals surface area contributed by atoms with Crippen LogP contribution >= 0.6 is 0 Å². The third-order valence-electron chi connectivity index (χ3n) is 4.55. The van der Waals surface area contributed by atoms with Crippen molar-refractivity contribution in [1.82, 2.24) is 4.57 Å². The Morgan fingerprint density at radius 1 is 1.30 bits per heavy atom. The zero-order chi connectivity index (χ0) is 19.6. The van der Waals surface area contributed by atoms with Crippen LogP contribution in [-0.2, 0) is 11.5 Å². The highest BCUT2D eigenvalue weighted by Gasteiger charge is 2.24. The molecule has 0 amide bonds. The van der Waals surface area contributed by atoms with Gasteiger partial charge in [-0.05, 0) is 12.1 Å². The lowest BCUT2D eigenvalue weighted by molar-refractivity contribution is -0.384. The summed E-state index contributed by atoms with van der Waals surface area (Å²) in [4.78, 5) is 17.4. The fourth-order valence-corrected chi connectivity index (χ4v) is 3.82. The quantitative estimate of drug-likeness (QED) is 0.312. The number of hydrogen-bond acceptors (Lipinski definition) is 5. The first kappa shape index (κ1) is 19.3. The van der Waals surface area contributed by atoms with E-state index in [0.717, 1.165) is 35.3 Å². The molecule has 0 fully saturated rings. The van der Waals surface area contributed by atoms with Gasteiger partial charge in [-0.15, -0.1) is 0 Å². The third-order valence-corrected chi connectivity index (χ3v) is 6.25. The number of aromatic nitrogens is 1. The Balaban J connectivity index is 1.82. The van der Waals surface area contributed by atoms with Gasteiger partial charge in [0.05, 0.1) is 10.6 Å². The summed E-state index contributed by atoms with van der Waals surface area (Å²) in [5, 5.41) is 11.1. The Bertz CT molecular complexity index is 870. The predicted molar refractivity (Wildman–Crippen MR) is 111 cm³/mol. The van der Waals surface area contributed by atoms with Gasteiger partial charge >= 0.3 is 0 Å². The first-order valence-corrected chi connectivity index (χ1v) is 12.7. The van der Waals surface area contributed by atoms with Crippen molar-refractivity contribution in [3.63, 3.8) is 0 Å². The van der Waals surface area contributed by atoms with Crippen LogP contribution in [0.25, 0.3) is 0 Å². The summed E-state index contributed by atoms with van der Waals surface area (Å²) >= 11 is 0. The summed E-state index contributed by atoms with van der Waals surface area (Å²) in [7, 11) is 0.881. The minimum Gasteiger partial charge on any atom is -0.361 e. The van der Waals surface area contributed by atoms with Crippen LogP contribution in [0.3, 0.4) is 0 Å². The second kappa shape index (κ2) is 7.65. The second-order valence-electron chi connectivity index (χ2n) is 8.02. The molecular weight excluding hydrogens is 360 g/mol. The Kier molecular flexibility index (Phi) is 5.47. The number of benzene rings is 1. The summed E-state index contributed by atoms with van der Waals surface area (Å²) in [6.45, 7) is 8.77. The number of hydrogen-bond donors (Lipinski definition) is 0. The maximum absolute atomic E-state index is 11.1. The van der Waals surface area contributed by atoms with Crippen LogP contribution in [0.5, 0.6) is 0 Å². The van der Waals surface area contributed by atoms with E-state index in [1.54, 1.807) is 12.1 Å². The lowest BCUT2D eigenvalue weighted by Gasteiger charge is -2.26. The third kappa shape index (κ3) is 4.45. The van der Waals surface area contributed by atoms with E-state index < -0.39 is 8.07 Å². The van der Waals surface area contributed by atoms with Crippen LogP contribution < -0.4 is 4.90 Å². The Morgan fingerprint density at radius 3 is 2.78 bits per heavy atom. The lowest BCUT2D eigenvalue weighted by atomic mass is 10.0. The van der Waals surface area contributed by atoms with Gasteiger partial charge in [-0.2, -0.15) is 0 Å². The summed E-state index contributed by atoms with van der Waals surface area (Å²) in [5.41, 5.74) is 2.59. The zero-order valence-corrected chi connectivity index (χ0v) is 17.3. The number of rotatable bonds is 7. The van der Waals surface area contributed by atoms with Crippen molar-refractivity contribution in [2.45, 2.75) is 32.4 Å². The minimum atomic E-state index is -1.11. The fraction of sp³-hybridized carbons (Fsp3) is 0.421. The smallest absolute Gasteiger partial charge is 0.270 e. The van der Waals surface area contributed by atoms with Crippen LogP contribution in [0, 0.1) is 10.1 Å². The van der Waals surface area contributed by atoms with E-state index in [4.69, 9.17) is 4.74 Å². The van der Waals surface area contributed by atoms with Crippen LogP contribution in [-0.4, -0.2) is 43.6 Å². The monoisotopic (exact) mass is 386 g/mol. The van der Waals surface area contributed by atoms with E-state index in [2.05, 4.69) is 34.1 Å². The number of non-ortho nitro benzene ring substituents is 1. The molecule has 0 bridgehead atoms. The topological polar surface area (TPSA) is 72.9 Å². The van der Waals surface area contributed by atoms with Crippen molar-refractivity contribution < 1.29 is 9.66 Å². The van der Waals surface area contributed by atoms with Gasteiger partial charge in [0.15, 0.2) is 0 Å². The van der Waals surface area contributed by atoms with Gasteiger partial charge in [0.2, 0.25) is 0 Å². The van der Waals surface area contributed by atoms with Crippen molar-refractivity contribution in [3.8, 4) is 0 Å². The van der Waals surface area contributed by atoms with Crippen molar-refractivity contribution in [2.24, 2.45) is 4.99 Å². The van der Waals surface area contributed by atoms with E-state index >= 15 is 0 Å². The van der Waals surface area contributed by atoms with Gasteiger partial charge in [-0.1, -0.05) is 31.8 Å². The normalized spacial score (nSPS) is 14.1. The SMILES string of the molecule is CN1CN=C(c2cccc([N+](=O)[O-])c2)c2ccn(COCC[Si](C)(C)C)c21. The minimum absolute atomic E-state index is 0.0739. The van der Waals surface area contributed by atoms with Crippen molar-refractivity contribution >= 4 is 25.3 Å². The second-order valence-corrected chi connectivity index (χ2v) is 13.6. The van der Waals surface area contributed by atoms with Gasteiger partial charge < -0.3 is 14.2 Å². The van der Waals surface area contributed by atoms with E-state index in [0.29, 0.717) is 13.4 Å². The van der Waals surface area contributed by atoms with E-state index in [1.807, 2.05) is 25.4 Å². The highest BCUT2D eigenvalue weighted by atomic mass is 28.3. The van der Waals surface area contributed by atoms with Gasteiger partial charge in [0, 0.05) is 51.2 Å². The molecule has 0 atom stereocenters. The number of nitro benzene ring substituents is 1. The molecule has 0 radical (unpaired) electrons. The molecule has 1 aliphatic heterocycles. The molecular formula is C19H26N4O3Si. The van der Waals surface area contributed by atoms with Crippen LogP contribution in [0.1, 0.15) is 11.1 Å². The summed E-state index contributed by atoms with van der Waals surface area (Å²) < 4.78 is 7.98. The van der Waals surface area contributed by atoms with Crippen molar-refractivity contribution in [1.29, 1.82) is 0 Å². The van der Waals surface area contributed by atoms with Crippen LogP contribution in [0.4, 0.5) is 11.5 Å². The summed E-state index contributed by atoms with van der Waals surface area (Å²) in [5.74, 6) is 1.03. The largest absolute Gasteiger partial charge is 0.361 e. The average Bonchev–Trinajstić information content (AvgIpc) is 3.03. The van der Waals surface area contributed by atoms with Gasteiger partial charge in [0.25, 0.3) is 5.69 Å². The molecule has 1 aliphatic rings. The molecule has 0 unspecified atom stereocenters. The number of anilines is 1. The molecule has 3 rings (SSSR count). The highest BCUT2D eigenvalue weighted by Crippen LogP contribution is 2.29. The molecule has 0 spiro atoms. The molecule has 8 heteroatoms. The van der Waals surface area contributed by atoms with Gasteiger partial charge in [0.1, 0.15) is 19.2 Å². The number of fused-ring (bicyclic) bond motifs is 1. The molecule has 27 heavy (non-hydrogen) atoms. The number of aliphatic imine (C=N–C) groups is 1. The highest BCUT2D eigenvalue weighted by molar-refractivity contribution is 6.76. The molecule has 144 valence electrons. The molecule has 1 aromatic carbocycles. The maximum Gasteiger partial charge on any atom is 0.270 e. The molecule has 2 aromatic rings. The number of nitro groups is 1. The van der Waals surface area contributed by atoms with Crippen LogP contribution in [0.15, 0.2) is 41.5 Å². The molecule has 7 nitrogen and oxygen atoms in total. The summed E-state index contributed by atoms with van der Waals surface area (Å²) in [6.07, 6.45) is 1.99. The van der Waals surface area contributed by atoms with Crippen molar-refractivity contribution in [3.05, 3.63) is 57.8 Å². The lowest BCUT2D eigenvalue weighted by Crippen LogP contribution is -2.28. The molecule has 0 aliphatic carbocycles. The Labute approximate surface area is 160 Å². The molecule has 0 N–H and O–H groups in total. The van der Waals surface area contributed by atoms with Crippen molar-refractivity contribution in [2.75, 3.05) is 25.2 Å². The Hall–Kier alpha value is -2.45. The number of ether oxygens (including phenoxy) is 1. The predicted octanol–water partition coefficient (Wildman–Crippen LogP) is 3.95. The maximum atomic E-state index is 11.1. The van der Waals surface area contributed by atoms with Gasteiger partial charge in [-0.3, -0.25) is 15.1 Å². The van der Waals surface area contributed by atoms with Crippen LogP contribution in [0.2, 0.25) is 25.7 Å². The molecule has 1 aromatic heterocycles. The van der Waals surface area contributed by atoms with E-state index in [9.17, 15) is 10.1 Å².